The summed E-state index contributed by atoms with van der Waals surface area (Å²) in [6.07, 6.45) is 1.35. The van der Waals surface area contributed by atoms with Gasteiger partial charge in [-0.1, -0.05) is 11.6 Å². The molecule has 0 saturated heterocycles. The van der Waals surface area contributed by atoms with Gasteiger partial charge in [-0.05, 0) is 6.07 Å². The highest BCUT2D eigenvalue weighted by Crippen LogP contribution is 2.31. The zero-order valence-electron chi connectivity index (χ0n) is 7.45. The first kappa shape index (κ1) is 11.9. The smallest absolute Gasteiger partial charge is 0.353 e. The molecular weight excluding hydrogens is 370 g/mol. The lowest BCUT2D eigenvalue weighted by Crippen LogP contribution is -2.01. The molecule has 0 spiro atoms. The molecule has 0 saturated carbocycles. The summed E-state index contributed by atoms with van der Waals surface area (Å²) >= 11 is 7.43. The lowest BCUT2D eigenvalue weighted by molar-refractivity contribution is 0.0690. The van der Waals surface area contributed by atoms with E-state index < -0.39 is 11.8 Å². The Bertz CT molecular complexity index is 589. The second kappa shape index (κ2) is 4.38. The number of hydrogen-bond acceptors (Lipinski definition) is 3. The normalized spacial score (nSPS) is 10.9. The Hall–Kier alpha value is -0.540. The summed E-state index contributed by atoms with van der Waals surface area (Å²) in [5.41, 5.74) is 0.371. The van der Waals surface area contributed by atoms with E-state index in [0.717, 1.165) is 9.12 Å². The third-order valence-corrected chi connectivity index (χ3v) is 3.98. The number of pyridine rings is 1. The molecule has 0 aliphatic heterocycles. The van der Waals surface area contributed by atoms with Crippen LogP contribution >= 0.6 is 41.9 Å². The van der Waals surface area contributed by atoms with Crippen molar-refractivity contribution in [3.63, 3.8) is 0 Å². The third-order valence-electron chi connectivity index (χ3n) is 2.00. The molecule has 8 heteroatoms. The number of hydrogen-bond donors (Lipinski definition) is 1. The number of carbonyl (C=O) groups is 1. The average molecular weight is 373 g/mol. The Kier molecular flexibility index (Phi) is 3.27. The van der Waals surface area contributed by atoms with Gasteiger partial charge in [0, 0.05) is 35.7 Å². The first-order valence-electron chi connectivity index (χ1n) is 3.94. The Morgan fingerprint density at radius 1 is 1.69 bits per heavy atom. The van der Waals surface area contributed by atoms with E-state index in [1.165, 1.54) is 16.2 Å². The number of nitrogens with zero attached hydrogens (tertiary/aromatic N) is 2. The zero-order chi connectivity index (χ0) is 11.9. The van der Waals surface area contributed by atoms with Gasteiger partial charge >= 0.3 is 5.97 Å². The molecular formula is C8H3ClFIN2O2S. The fourth-order valence-corrected chi connectivity index (χ4v) is 3.16. The van der Waals surface area contributed by atoms with E-state index in [2.05, 4.69) is 4.98 Å². The molecule has 2 rings (SSSR count). The van der Waals surface area contributed by atoms with Crippen LogP contribution in [0.2, 0.25) is 5.15 Å². The average Bonchev–Trinajstić information content (AvgIpc) is 2.62. The van der Waals surface area contributed by atoms with Gasteiger partial charge in [-0.2, -0.15) is 0 Å². The van der Waals surface area contributed by atoms with Crippen LogP contribution in [0, 0.1) is 5.82 Å². The molecule has 0 aliphatic carbocycles. The van der Waals surface area contributed by atoms with Gasteiger partial charge < -0.3 is 5.11 Å². The number of fused-ring (bicyclic) bond motifs is 1. The topological polar surface area (TPSA) is 55.1 Å². The summed E-state index contributed by atoms with van der Waals surface area (Å²) in [6.45, 7) is 0. The SMILES string of the molecule is O=C(O)c1cc2c(F)c(Cl)ncc2n1SI. The molecule has 0 aliphatic rings. The maximum atomic E-state index is 13.6. The van der Waals surface area contributed by atoms with E-state index in [0.29, 0.717) is 5.52 Å². The van der Waals surface area contributed by atoms with Gasteiger partial charge in [0.1, 0.15) is 5.69 Å². The number of carboxylic acids is 1. The molecule has 0 bridgehead atoms. The van der Waals surface area contributed by atoms with E-state index >= 15 is 0 Å². The van der Waals surface area contributed by atoms with E-state index in [-0.39, 0.29) is 16.2 Å². The monoisotopic (exact) mass is 372 g/mol. The number of aromatic nitrogens is 2. The molecule has 16 heavy (non-hydrogen) atoms. The first-order valence-corrected chi connectivity index (χ1v) is 7.63. The molecule has 2 heterocycles. The minimum atomic E-state index is -1.13. The number of rotatable bonds is 2. The van der Waals surface area contributed by atoms with Crippen LogP contribution in [0.1, 0.15) is 10.5 Å². The molecule has 0 radical (unpaired) electrons. The van der Waals surface area contributed by atoms with Gasteiger partial charge in [0.05, 0.1) is 11.7 Å². The fraction of sp³-hybridized carbons (Fsp3) is 0. The summed E-state index contributed by atoms with van der Waals surface area (Å²) in [5.74, 6) is -1.83. The van der Waals surface area contributed by atoms with Crippen LogP contribution in [0.15, 0.2) is 12.3 Å². The van der Waals surface area contributed by atoms with Gasteiger partial charge in [-0.15, -0.1) is 0 Å². The highest BCUT2D eigenvalue weighted by atomic mass is 127. The summed E-state index contributed by atoms with van der Waals surface area (Å²) in [6, 6.07) is 1.24. The lowest BCUT2D eigenvalue weighted by atomic mass is 10.3. The summed E-state index contributed by atoms with van der Waals surface area (Å²) in [4.78, 5) is 14.6. The summed E-state index contributed by atoms with van der Waals surface area (Å²) < 4.78 is 15.0. The van der Waals surface area contributed by atoms with Crippen molar-refractivity contribution in [3.8, 4) is 0 Å². The number of aromatic carboxylic acids is 1. The molecule has 4 nitrogen and oxygen atoms in total. The van der Waals surface area contributed by atoms with Crippen LogP contribution in [0.5, 0.6) is 0 Å². The van der Waals surface area contributed by atoms with Crippen molar-refractivity contribution in [3.05, 3.63) is 28.9 Å². The molecule has 0 unspecified atom stereocenters. The second-order valence-electron chi connectivity index (χ2n) is 2.86. The van der Waals surface area contributed by atoms with Gasteiger partial charge in [0.15, 0.2) is 11.0 Å². The Balaban J connectivity index is 2.87. The van der Waals surface area contributed by atoms with Crippen molar-refractivity contribution >= 4 is 58.8 Å². The second-order valence-corrected chi connectivity index (χ2v) is 4.90. The fourth-order valence-electron chi connectivity index (χ4n) is 1.31. The highest BCUT2D eigenvalue weighted by molar-refractivity contribution is 14.2. The summed E-state index contributed by atoms with van der Waals surface area (Å²) in [5, 5.41) is 8.84. The van der Waals surface area contributed by atoms with E-state index in [4.69, 9.17) is 16.7 Å². The van der Waals surface area contributed by atoms with Crippen molar-refractivity contribution in [1.29, 1.82) is 0 Å². The van der Waals surface area contributed by atoms with Crippen molar-refractivity contribution < 1.29 is 14.3 Å². The number of halogens is 3. The van der Waals surface area contributed by atoms with E-state index in [9.17, 15) is 9.18 Å². The lowest BCUT2D eigenvalue weighted by Gasteiger charge is -2.01. The zero-order valence-corrected chi connectivity index (χ0v) is 11.2. The highest BCUT2D eigenvalue weighted by Gasteiger charge is 2.18. The van der Waals surface area contributed by atoms with Crippen LogP contribution in [0.25, 0.3) is 10.9 Å². The predicted molar refractivity (Wildman–Crippen MR) is 68.7 cm³/mol. The third kappa shape index (κ3) is 1.76. The van der Waals surface area contributed by atoms with Crippen LogP contribution in [-0.4, -0.2) is 20.0 Å². The summed E-state index contributed by atoms with van der Waals surface area (Å²) in [7, 11) is 1.13. The first-order chi connectivity index (χ1) is 7.56. The molecule has 2 aromatic rings. The minimum absolute atomic E-state index is 0.0163. The molecule has 1 N–H and O–H groups in total. The van der Waals surface area contributed by atoms with Gasteiger partial charge in [0.25, 0.3) is 0 Å². The largest absolute Gasteiger partial charge is 0.477 e. The number of carboxylic acid groups (broad SMARTS) is 1. The van der Waals surface area contributed by atoms with Gasteiger partial charge in [-0.3, -0.25) is 3.97 Å². The molecule has 0 amide bonds. The predicted octanol–water partition coefficient (Wildman–Crippen LogP) is 3.37. The molecule has 0 aromatic carbocycles. The van der Waals surface area contributed by atoms with E-state index in [1.54, 1.807) is 0 Å². The van der Waals surface area contributed by atoms with Crippen LogP contribution < -0.4 is 0 Å². The van der Waals surface area contributed by atoms with Crippen LogP contribution in [0.4, 0.5) is 4.39 Å². The van der Waals surface area contributed by atoms with E-state index in [1.807, 2.05) is 21.2 Å². The molecule has 2 aromatic heterocycles. The Labute approximate surface area is 111 Å². The van der Waals surface area contributed by atoms with Crippen LogP contribution in [-0.2, 0) is 0 Å². The maximum Gasteiger partial charge on any atom is 0.353 e. The Morgan fingerprint density at radius 3 is 2.94 bits per heavy atom. The van der Waals surface area contributed by atoms with Crippen molar-refractivity contribution in [2.45, 2.75) is 0 Å². The van der Waals surface area contributed by atoms with Crippen molar-refractivity contribution in [2.75, 3.05) is 0 Å². The van der Waals surface area contributed by atoms with Gasteiger partial charge in [0.2, 0.25) is 0 Å². The maximum absolute atomic E-state index is 13.6. The van der Waals surface area contributed by atoms with Crippen LogP contribution in [0.3, 0.4) is 0 Å². The quantitative estimate of drug-likeness (QED) is 0.649. The Morgan fingerprint density at radius 2 is 2.38 bits per heavy atom. The van der Waals surface area contributed by atoms with Crippen molar-refractivity contribution in [1.82, 2.24) is 8.96 Å². The standard InChI is InChI=1S/C8H3ClFIN2O2S/c9-7-6(10)3-1-4(8(14)15)13(16-11)5(3)2-12-7/h1-2H,(H,14,15). The molecule has 0 atom stereocenters. The minimum Gasteiger partial charge on any atom is -0.477 e. The van der Waals surface area contributed by atoms with Gasteiger partial charge in [-0.25, -0.2) is 14.2 Å². The molecule has 0 fully saturated rings. The van der Waals surface area contributed by atoms with Crippen molar-refractivity contribution in [2.24, 2.45) is 0 Å². The molecule has 84 valence electrons.